The summed E-state index contributed by atoms with van der Waals surface area (Å²) in [5.41, 5.74) is 4.56. The van der Waals surface area contributed by atoms with Crippen molar-refractivity contribution < 1.29 is 34.9 Å². The lowest BCUT2D eigenvalue weighted by atomic mass is 10.1. The lowest BCUT2D eigenvalue weighted by Crippen LogP contribution is -2.36. The quantitative estimate of drug-likeness (QED) is 0.321. The molecule has 12 heteroatoms. The Kier molecular flexibility index (Phi) is 7.30. The topological polar surface area (TPSA) is 132 Å². The Morgan fingerprint density at radius 3 is 2.51 bits per heavy atom. The number of hydrogen-bond donors (Lipinski definition) is 1. The van der Waals surface area contributed by atoms with E-state index in [1.165, 1.54) is 11.8 Å². The second-order valence-corrected chi connectivity index (χ2v) is 12.6. The summed E-state index contributed by atoms with van der Waals surface area (Å²) >= 11 is 1.52. The van der Waals surface area contributed by atoms with E-state index >= 15 is 0 Å². The monoisotopic (exact) mass is 538 g/mol. The zero-order valence-corrected chi connectivity index (χ0v) is 21.7. The fraction of sp³-hybridized carbons (Fsp3) is 0.348. The fourth-order valence-electron chi connectivity index (χ4n) is 3.99. The third kappa shape index (κ3) is 6.25. The number of para-hydroxylation sites is 2. The Bertz CT molecular complexity index is 1510. The number of hydrogen-bond acceptors (Lipinski definition) is 8. The average molecular weight is 539 g/mol. The van der Waals surface area contributed by atoms with Crippen LogP contribution in [0.15, 0.2) is 50.7 Å². The van der Waals surface area contributed by atoms with Gasteiger partial charge < -0.3 is 13.9 Å². The van der Waals surface area contributed by atoms with Crippen molar-refractivity contribution in [2.24, 2.45) is 0 Å². The second-order valence-electron chi connectivity index (χ2n) is 8.46. The van der Waals surface area contributed by atoms with E-state index in [-0.39, 0.29) is 18.6 Å². The standard InChI is InChI=1S/C23H26N2O7S3/c1-16-13-19-21(14-17(16)2)33-23(25(19)10-6-12-35(29,30)31)15-22-24(9-5-11-34(26,27)28)18-7-3-4-8-20(18)32-22/h3-4,7-8,13-15H,5-6,9-12H2,1-2H3,(H-,26,27,28,29,30,31). The third-order valence-corrected chi connectivity index (χ3v) is 8.48. The van der Waals surface area contributed by atoms with Crippen LogP contribution in [-0.4, -0.2) is 44.0 Å². The second kappa shape index (κ2) is 9.94. The Morgan fingerprint density at radius 2 is 1.80 bits per heavy atom. The normalized spacial score (nSPS) is 15.3. The Morgan fingerprint density at radius 1 is 1.09 bits per heavy atom. The molecule has 1 aliphatic heterocycles. The number of thioether (sulfide) groups is 1. The summed E-state index contributed by atoms with van der Waals surface area (Å²) in [6.45, 7) is 4.66. The van der Waals surface area contributed by atoms with Crippen molar-refractivity contribution in [1.82, 2.24) is 0 Å². The van der Waals surface area contributed by atoms with Gasteiger partial charge in [0.25, 0.3) is 15.6 Å². The van der Waals surface area contributed by atoms with Gasteiger partial charge in [-0.1, -0.05) is 23.9 Å². The number of benzene rings is 2. The fourth-order valence-corrected chi connectivity index (χ4v) is 6.16. The van der Waals surface area contributed by atoms with Gasteiger partial charge in [-0.15, -0.1) is 0 Å². The predicted octanol–water partition coefficient (Wildman–Crippen LogP) is 3.46. The molecular weight excluding hydrogens is 512 g/mol. The number of aryl methyl sites for hydroxylation is 3. The maximum Gasteiger partial charge on any atom is 0.376 e. The first-order valence-electron chi connectivity index (χ1n) is 11.0. The molecule has 0 bridgehead atoms. The van der Waals surface area contributed by atoms with E-state index in [0.717, 1.165) is 32.3 Å². The highest BCUT2D eigenvalue weighted by atomic mass is 32.2. The van der Waals surface area contributed by atoms with Gasteiger partial charge in [0.05, 0.1) is 32.7 Å². The SMILES string of the molecule is Cc1cc2c(cc1C)N(CCCS(=O)(=O)[O-])/C(=C/c1oc3ccccc3[n+]1CCCS(=O)(=O)O)S2. The number of anilines is 1. The number of nitrogens with zero attached hydrogens (tertiary/aromatic N) is 2. The summed E-state index contributed by atoms with van der Waals surface area (Å²) in [4.78, 5) is 2.99. The number of aromatic nitrogens is 1. The van der Waals surface area contributed by atoms with Crippen molar-refractivity contribution in [3.05, 3.63) is 58.4 Å². The van der Waals surface area contributed by atoms with E-state index in [1.807, 2.05) is 59.7 Å². The molecule has 35 heavy (non-hydrogen) atoms. The predicted molar refractivity (Wildman–Crippen MR) is 134 cm³/mol. The van der Waals surface area contributed by atoms with Gasteiger partial charge in [0.1, 0.15) is 0 Å². The molecule has 0 amide bonds. The minimum Gasteiger partial charge on any atom is -0.748 e. The van der Waals surface area contributed by atoms with Crippen molar-refractivity contribution in [3.63, 3.8) is 0 Å². The number of fused-ring (bicyclic) bond motifs is 2. The molecular formula is C23H26N2O7S3. The molecule has 3 aromatic rings. The molecule has 2 heterocycles. The molecule has 9 nitrogen and oxygen atoms in total. The van der Waals surface area contributed by atoms with Crippen LogP contribution in [0.3, 0.4) is 0 Å². The van der Waals surface area contributed by atoms with Crippen molar-refractivity contribution >= 4 is 54.9 Å². The average Bonchev–Trinajstić information content (AvgIpc) is 3.25. The molecule has 1 N–H and O–H groups in total. The molecule has 1 aliphatic rings. The minimum atomic E-state index is -4.33. The molecule has 0 saturated heterocycles. The van der Waals surface area contributed by atoms with Crippen LogP contribution in [0.25, 0.3) is 17.2 Å². The lowest BCUT2D eigenvalue weighted by molar-refractivity contribution is -0.677. The highest BCUT2D eigenvalue weighted by Gasteiger charge is 2.29. The molecule has 0 radical (unpaired) electrons. The van der Waals surface area contributed by atoms with Crippen LogP contribution >= 0.6 is 11.8 Å². The Hall–Kier alpha value is -2.38. The highest BCUT2D eigenvalue weighted by molar-refractivity contribution is 8.03. The first-order valence-corrected chi connectivity index (χ1v) is 15.0. The van der Waals surface area contributed by atoms with E-state index < -0.39 is 26.0 Å². The number of oxazole rings is 1. The van der Waals surface area contributed by atoms with Gasteiger partial charge >= 0.3 is 5.89 Å². The van der Waals surface area contributed by atoms with Crippen LogP contribution in [0, 0.1) is 13.8 Å². The minimum absolute atomic E-state index is 0.171. The maximum atomic E-state index is 11.2. The largest absolute Gasteiger partial charge is 0.748 e. The summed E-state index contributed by atoms with van der Waals surface area (Å²) in [5.74, 6) is -0.335. The van der Waals surface area contributed by atoms with E-state index in [4.69, 9.17) is 8.97 Å². The summed E-state index contributed by atoms with van der Waals surface area (Å²) < 4.78 is 73.0. The van der Waals surface area contributed by atoms with Gasteiger partial charge in [-0.3, -0.25) is 4.55 Å². The van der Waals surface area contributed by atoms with Gasteiger partial charge in [0.2, 0.25) is 5.58 Å². The van der Waals surface area contributed by atoms with E-state index in [0.29, 0.717) is 24.6 Å². The summed E-state index contributed by atoms with van der Waals surface area (Å²) in [6.07, 6.45) is 2.21. The van der Waals surface area contributed by atoms with Crippen molar-refractivity contribution in [3.8, 4) is 0 Å². The van der Waals surface area contributed by atoms with Crippen molar-refractivity contribution in [2.75, 3.05) is 23.0 Å². The Labute approximate surface area is 208 Å². The molecule has 2 aromatic carbocycles. The summed E-state index contributed by atoms with van der Waals surface area (Å²) in [5, 5.41) is 0.802. The maximum absolute atomic E-state index is 11.2. The molecule has 188 valence electrons. The van der Waals surface area contributed by atoms with Gasteiger partial charge in [-0.2, -0.15) is 13.0 Å². The van der Waals surface area contributed by atoms with Crippen LogP contribution < -0.4 is 9.47 Å². The molecule has 0 aliphatic carbocycles. The smallest absolute Gasteiger partial charge is 0.376 e. The van der Waals surface area contributed by atoms with Crippen molar-refractivity contribution in [1.29, 1.82) is 0 Å². The van der Waals surface area contributed by atoms with Gasteiger partial charge in [0, 0.05) is 29.7 Å². The van der Waals surface area contributed by atoms with Crippen LogP contribution in [-0.2, 0) is 26.8 Å². The summed E-state index contributed by atoms with van der Waals surface area (Å²) in [7, 11) is -8.41. The summed E-state index contributed by atoms with van der Waals surface area (Å²) in [6, 6.07) is 11.5. The van der Waals surface area contributed by atoms with Crippen LogP contribution in [0.2, 0.25) is 0 Å². The van der Waals surface area contributed by atoms with E-state index in [1.54, 1.807) is 0 Å². The highest BCUT2D eigenvalue weighted by Crippen LogP contribution is 2.47. The van der Waals surface area contributed by atoms with Crippen LogP contribution in [0.4, 0.5) is 5.69 Å². The molecule has 0 saturated carbocycles. The molecule has 0 unspecified atom stereocenters. The van der Waals surface area contributed by atoms with E-state index in [2.05, 4.69) is 6.07 Å². The lowest BCUT2D eigenvalue weighted by Gasteiger charge is -2.21. The van der Waals surface area contributed by atoms with Gasteiger partial charge in [-0.25, -0.2) is 8.42 Å². The third-order valence-electron chi connectivity index (χ3n) is 5.79. The van der Waals surface area contributed by atoms with Crippen LogP contribution in [0.1, 0.15) is 29.9 Å². The zero-order chi connectivity index (χ0) is 25.4. The Balaban J connectivity index is 1.73. The van der Waals surface area contributed by atoms with E-state index in [9.17, 15) is 21.4 Å². The molecule has 1 aromatic heterocycles. The van der Waals surface area contributed by atoms with Gasteiger partial charge in [0.15, 0.2) is 6.54 Å². The molecule has 0 fully saturated rings. The molecule has 4 rings (SSSR count). The first kappa shape index (κ1) is 25.7. The molecule has 0 spiro atoms. The number of rotatable bonds is 9. The molecule has 0 atom stereocenters. The van der Waals surface area contributed by atoms with Crippen LogP contribution in [0.5, 0.6) is 0 Å². The van der Waals surface area contributed by atoms with Gasteiger partial charge in [-0.05, 0) is 49.6 Å². The first-order chi connectivity index (χ1) is 16.4. The zero-order valence-electron chi connectivity index (χ0n) is 19.3. The van der Waals surface area contributed by atoms with Crippen molar-refractivity contribution in [2.45, 2.75) is 38.1 Å².